The summed E-state index contributed by atoms with van der Waals surface area (Å²) in [6, 6.07) is 7.23. The van der Waals surface area contributed by atoms with Crippen molar-refractivity contribution >= 4 is 23.7 Å². The quantitative estimate of drug-likeness (QED) is 0.907. The van der Waals surface area contributed by atoms with E-state index in [0.29, 0.717) is 24.5 Å². The van der Waals surface area contributed by atoms with Gasteiger partial charge in [-0.15, -0.1) is 0 Å². The van der Waals surface area contributed by atoms with Crippen LogP contribution in [0.5, 0.6) is 0 Å². The third-order valence-electron chi connectivity index (χ3n) is 3.27. The molecule has 2 rings (SSSR count). The Morgan fingerprint density at radius 1 is 1.45 bits per heavy atom. The van der Waals surface area contributed by atoms with Crippen LogP contribution in [0.1, 0.15) is 25.3 Å². The lowest BCUT2D eigenvalue weighted by Gasteiger charge is -2.20. The number of carboxylic acids is 1. The van der Waals surface area contributed by atoms with Gasteiger partial charge in [0.1, 0.15) is 5.60 Å². The molecule has 108 valence electrons. The molecule has 1 unspecified atom stereocenters. The summed E-state index contributed by atoms with van der Waals surface area (Å²) < 4.78 is 5.31. The highest BCUT2D eigenvalue weighted by molar-refractivity contribution is 6.30. The van der Waals surface area contributed by atoms with Crippen molar-refractivity contribution in [2.45, 2.75) is 31.9 Å². The molecular weight excluding hydrogens is 282 g/mol. The van der Waals surface area contributed by atoms with E-state index in [1.807, 2.05) is 12.1 Å². The lowest BCUT2D eigenvalue weighted by Crippen LogP contribution is -2.31. The number of benzene rings is 1. The summed E-state index contributed by atoms with van der Waals surface area (Å²) in [6.07, 6.45) is -0.114. The van der Waals surface area contributed by atoms with Crippen molar-refractivity contribution in [3.8, 4) is 0 Å². The van der Waals surface area contributed by atoms with Crippen molar-refractivity contribution in [3.63, 3.8) is 0 Å². The fourth-order valence-electron chi connectivity index (χ4n) is 2.21. The minimum absolute atomic E-state index is 0.0153. The van der Waals surface area contributed by atoms with Crippen molar-refractivity contribution < 1.29 is 19.4 Å². The third kappa shape index (κ3) is 3.63. The van der Waals surface area contributed by atoms with Gasteiger partial charge >= 0.3 is 12.1 Å². The molecule has 6 heteroatoms. The van der Waals surface area contributed by atoms with E-state index >= 15 is 0 Å². The number of cyclic esters (lactones) is 1. The lowest BCUT2D eigenvalue weighted by atomic mass is 10.00. The normalized spacial score (nSPS) is 21.9. The van der Waals surface area contributed by atoms with Crippen molar-refractivity contribution in [2.24, 2.45) is 0 Å². The average molecular weight is 298 g/mol. The number of amides is 1. The van der Waals surface area contributed by atoms with Gasteiger partial charge in [0.15, 0.2) is 0 Å². The number of rotatable bonds is 5. The Morgan fingerprint density at radius 2 is 2.10 bits per heavy atom. The molecule has 1 N–H and O–H groups in total. The maximum Gasteiger partial charge on any atom is 0.410 e. The monoisotopic (exact) mass is 297 g/mol. The Kier molecular flexibility index (Phi) is 4.18. The number of hydrogen-bond acceptors (Lipinski definition) is 3. The fraction of sp³-hybridized carbons (Fsp3) is 0.429. The van der Waals surface area contributed by atoms with Crippen LogP contribution in [0, 0.1) is 0 Å². The molecule has 5 nitrogen and oxygen atoms in total. The number of carbonyl (C=O) groups excluding carboxylic acids is 1. The first-order valence-corrected chi connectivity index (χ1v) is 6.70. The van der Waals surface area contributed by atoms with Gasteiger partial charge in [0.25, 0.3) is 0 Å². The van der Waals surface area contributed by atoms with Crippen LogP contribution in [0.3, 0.4) is 0 Å². The van der Waals surface area contributed by atoms with E-state index in [4.69, 9.17) is 21.4 Å². The lowest BCUT2D eigenvalue weighted by molar-refractivity contribution is -0.138. The highest BCUT2D eigenvalue weighted by atomic mass is 35.5. The van der Waals surface area contributed by atoms with Gasteiger partial charge in [-0.1, -0.05) is 23.7 Å². The first-order chi connectivity index (χ1) is 9.38. The van der Waals surface area contributed by atoms with Gasteiger partial charge in [-0.05, 0) is 31.0 Å². The third-order valence-corrected chi connectivity index (χ3v) is 3.52. The first kappa shape index (κ1) is 14.7. The van der Waals surface area contributed by atoms with E-state index in [1.165, 1.54) is 0 Å². The van der Waals surface area contributed by atoms with Crippen LogP contribution < -0.4 is 0 Å². The highest BCUT2D eigenvalue weighted by Gasteiger charge is 2.41. The smallest absolute Gasteiger partial charge is 0.410 e. The molecule has 1 aliphatic heterocycles. The summed E-state index contributed by atoms with van der Waals surface area (Å²) in [5.74, 6) is -0.890. The molecule has 0 aromatic heterocycles. The zero-order valence-electron chi connectivity index (χ0n) is 11.1. The topological polar surface area (TPSA) is 66.8 Å². The Balaban J connectivity index is 1.98. The van der Waals surface area contributed by atoms with Gasteiger partial charge in [0, 0.05) is 18.0 Å². The van der Waals surface area contributed by atoms with Crippen LogP contribution in [0.4, 0.5) is 4.79 Å². The highest BCUT2D eigenvalue weighted by Crippen LogP contribution is 2.28. The number of aliphatic carboxylic acids is 1. The largest absolute Gasteiger partial charge is 0.481 e. The van der Waals surface area contributed by atoms with Crippen LogP contribution >= 0.6 is 11.6 Å². The molecule has 1 atom stereocenters. The molecule has 0 bridgehead atoms. The van der Waals surface area contributed by atoms with Crippen molar-refractivity contribution in [2.75, 3.05) is 6.54 Å². The molecule has 1 fully saturated rings. The van der Waals surface area contributed by atoms with Crippen LogP contribution in [-0.2, 0) is 16.1 Å². The maximum atomic E-state index is 11.8. The van der Waals surface area contributed by atoms with E-state index in [1.54, 1.807) is 24.0 Å². The fourth-order valence-corrected chi connectivity index (χ4v) is 2.33. The number of hydrogen-bond donors (Lipinski definition) is 1. The van der Waals surface area contributed by atoms with Crippen molar-refractivity contribution in [1.29, 1.82) is 0 Å². The SMILES string of the molecule is CC1(CCC(=O)O)CN(Cc2ccc(Cl)cc2)C(=O)O1. The second kappa shape index (κ2) is 5.71. The Labute approximate surface area is 122 Å². The number of nitrogens with zero attached hydrogens (tertiary/aromatic N) is 1. The van der Waals surface area contributed by atoms with E-state index in [-0.39, 0.29) is 6.42 Å². The van der Waals surface area contributed by atoms with Gasteiger partial charge in [-0.3, -0.25) is 9.69 Å². The predicted octanol–water partition coefficient (Wildman–Crippen LogP) is 2.92. The summed E-state index contributed by atoms with van der Waals surface area (Å²) >= 11 is 5.81. The van der Waals surface area contributed by atoms with E-state index < -0.39 is 17.7 Å². The summed E-state index contributed by atoms with van der Waals surface area (Å²) in [7, 11) is 0. The minimum atomic E-state index is -0.890. The molecular formula is C14H16ClNO4. The molecule has 1 heterocycles. The van der Waals surface area contributed by atoms with Gasteiger partial charge in [-0.2, -0.15) is 0 Å². The molecule has 1 saturated heterocycles. The van der Waals surface area contributed by atoms with Crippen molar-refractivity contribution in [3.05, 3.63) is 34.9 Å². The van der Waals surface area contributed by atoms with Crippen LogP contribution in [0.2, 0.25) is 5.02 Å². The molecule has 0 saturated carbocycles. The zero-order valence-corrected chi connectivity index (χ0v) is 11.9. The van der Waals surface area contributed by atoms with Crippen LogP contribution in [0.25, 0.3) is 0 Å². The second-order valence-corrected chi connectivity index (χ2v) is 5.63. The van der Waals surface area contributed by atoms with Crippen LogP contribution in [0.15, 0.2) is 24.3 Å². The maximum absolute atomic E-state index is 11.8. The molecule has 1 aromatic carbocycles. The molecule has 0 aliphatic carbocycles. The Bertz CT molecular complexity index is 516. The van der Waals surface area contributed by atoms with Gasteiger partial charge in [0.2, 0.25) is 0 Å². The Morgan fingerprint density at radius 3 is 2.70 bits per heavy atom. The van der Waals surface area contributed by atoms with Crippen LogP contribution in [-0.4, -0.2) is 34.2 Å². The Hall–Kier alpha value is -1.75. The summed E-state index contributed by atoms with van der Waals surface area (Å²) in [5.41, 5.74) is 0.218. The van der Waals surface area contributed by atoms with E-state index in [2.05, 4.69) is 0 Å². The summed E-state index contributed by atoms with van der Waals surface area (Å²) in [4.78, 5) is 24.0. The van der Waals surface area contributed by atoms with Gasteiger partial charge < -0.3 is 9.84 Å². The number of carboxylic acid groups (broad SMARTS) is 1. The van der Waals surface area contributed by atoms with Gasteiger partial charge in [0.05, 0.1) is 6.54 Å². The number of carbonyl (C=O) groups is 2. The van der Waals surface area contributed by atoms with Gasteiger partial charge in [-0.25, -0.2) is 4.79 Å². The molecule has 1 aromatic rings. The minimum Gasteiger partial charge on any atom is -0.481 e. The average Bonchev–Trinajstić information content (AvgIpc) is 2.66. The molecule has 1 aliphatic rings. The second-order valence-electron chi connectivity index (χ2n) is 5.19. The van der Waals surface area contributed by atoms with E-state index in [0.717, 1.165) is 5.56 Å². The summed E-state index contributed by atoms with van der Waals surface area (Å²) in [5, 5.41) is 9.36. The first-order valence-electron chi connectivity index (χ1n) is 6.32. The zero-order chi connectivity index (χ0) is 14.8. The predicted molar refractivity (Wildman–Crippen MR) is 73.6 cm³/mol. The molecule has 0 radical (unpaired) electrons. The number of ether oxygens (including phenoxy) is 1. The van der Waals surface area contributed by atoms with Crippen molar-refractivity contribution in [1.82, 2.24) is 4.90 Å². The standard InChI is InChI=1S/C14H16ClNO4/c1-14(7-6-12(17)18)9-16(13(19)20-14)8-10-2-4-11(15)5-3-10/h2-5H,6-9H2,1H3,(H,17,18). The van der Waals surface area contributed by atoms with E-state index in [9.17, 15) is 9.59 Å². The molecule has 1 amide bonds. The number of halogens is 1. The molecule has 0 spiro atoms. The molecule has 20 heavy (non-hydrogen) atoms. The summed E-state index contributed by atoms with van der Waals surface area (Å²) in [6.45, 7) is 2.58.